The molecule has 2 aliphatic carbocycles. The van der Waals surface area contributed by atoms with Crippen LogP contribution in [0.5, 0.6) is 0 Å². The fraction of sp³-hybridized carbons (Fsp3) is 0.676. The second-order valence-corrected chi connectivity index (χ2v) is 13.2. The van der Waals surface area contributed by atoms with Crippen LogP contribution in [0.2, 0.25) is 0 Å². The van der Waals surface area contributed by atoms with Gasteiger partial charge in [0.1, 0.15) is 12.1 Å². The molecule has 2 fully saturated rings. The van der Waals surface area contributed by atoms with Gasteiger partial charge in [-0.15, -0.1) is 0 Å². The summed E-state index contributed by atoms with van der Waals surface area (Å²) in [4.78, 5) is 7.24. The number of aliphatic imine (C=N–C) groups is 1. The molecule has 2 aliphatic heterocycles. The first-order valence-corrected chi connectivity index (χ1v) is 16.1. The van der Waals surface area contributed by atoms with Crippen LogP contribution in [0.3, 0.4) is 0 Å². The Balaban J connectivity index is 1.17. The van der Waals surface area contributed by atoms with Gasteiger partial charge in [-0.3, -0.25) is 15.2 Å². The summed E-state index contributed by atoms with van der Waals surface area (Å²) in [5, 5.41) is 18.3. The van der Waals surface area contributed by atoms with Gasteiger partial charge >= 0.3 is 0 Å². The Labute approximate surface area is 247 Å². The summed E-state index contributed by atoms with van der Waals surface area (Å²) < 4.78 is 6.42. The lowest BCUT2D eigenvalue weighted by molar-refractivity contribution is 0.0195. The zero-order valence-corrected chi connectivity index (χ0v) is 25.7. The molecule has 4 unspecified atom stereocenters. The van der Waals surface area contributed by atoms with E-state index in [0.29, 0.717) is 24.9 Å². The molecule has 6 atom stereocenters. The monoisotopic (exact) mass is 563 g/mol. The normalized spacial score (nSPS) is 30.5. The number of hydrogen-bond donors (Lipinski definition) is 4. The van der Waals surface area contributed by atoms with Gasteiger partial charge in [-0.2, -0.15) is 0 Å². The summed E-state index contributed by atoms with van der Waals surface area (Å²) in [5.74, 6) is 1.24. The standard InChI is InChI=1S/C34H53N5O2/c1-5-25-19-24(10-9-23(25)2)22-41-31-8-6-7-30(31)38-33(40)29-20-27(21-37-32(29)35)26-11-13-28(14-12-26)34(3,4)39-17-15-36-16-18-39/h10-14,19,23,27,29-31,33,36,38,40H,5-9,15-18,20-22H2,1-4H3,(H2,35,37)/t23?,27?,29?,30-,31-,33?/m0/s1. The molecule has 4 aliphatic rings. The molecule has 7 heteroatoms. The van der Waals surface area contributed by atoms with Crippen molar-refractivity contribution in [1.82, 2.24) is 15.5 Å². The highest BCUT2D eigenvalue weighted by atomic mass is 16.5. The van der Waals surface area contributed by atoms with Crippen LogP contribution in [0.1, 0.15) is 83.3 Å². The first-order valence-electron chi connectivity index (χ1n) is 16.1. The van der Waals surface area contributed by atoms with Gasteiger partial charge in [0.2, 0.25) is 0 Å². The molecule has 0 radical (unpaired) electrons. The first-order chi connectivity index (χ1) is 19.8. The SMILES string of the molecule is CCC1=CC(CO[C@H]2CCC[C@@H]2NC(O)C2CC(c3ccc(C(C)(C)N4CCNCC4)cc3)CN=C2N)=CCC1C. The molecule has 0 amide bonds. The Morgan fingerprint density at radius 2 is 1.95 bits per heavy atom. The highest BCUT2D eigenvalue weighted by Crippen LogP contribution is 2.34. The number of nitrogens with zero attached hydrogens (tertiary/aromatic N) is 2. The lowest BCUT2D eigenvalue weighted by atomic mass is 9.83. The first kappa shape index (κ1) is 30.4. The van der Waals surface area contributed by atoms with Crippen LogP contribution in [-0.2, 0) is 10.3 Å². The second-order valence-electron chi connectivity index (χ2n) is 13.2. The molecule has 5 rings (SSSR count). The topological polar surface area (TPSA) is 95.1 Å². The van der Waals surface area contributed by atoms with Gasteiger partial charge in [0, 0.05) is 50.2 Å². The Bertz CT molecular complexity index is 1100. The van der Waals surface area contributed by atoms with E-state index in [4.69, 9.17) is 10.5 Å². The van der Waals surface area contributed by atoms with Crippen LogP contribution in [0, 0.1) is 11.8 Å². The summed E-state index contributed by atoms with van der Waals surface area (Å²) in [7, 11) is 0. The maximum absolute atomic E-state index is 11.3. The van der Waals surface area contributed by atoms with Crippen molar-refractivity contribution < 1.29 is 9.84 Å². The van der Waals surface area contributed by atoms with E-state index < -0.39 is 6.23 Å². The zero-order valence-electron chi connectivity index (χ0n) is 25.7. The van der Waals surface area contributed by atoms with Crippen LogP contribution in [0.25, 0.3) is 0 Å². The van der Waals surface area contributed by atoms with Crippen LogP contribution in [-0.4, -0.2) is 73.5 Å². The van der Waals surface area contributed by atoms with Gasteiger partial charge < -0.3 is 20.9 Å². The lowest BCUT2D eigenvalue weighted by Crippen LogP contribution is -2.51. The fourth-order valence-electron chi connectivity index (χ4n) is 7.26. The molecule has 226 valence electrons. The number of ether oxygens (including phenoxy) is 1. The summed E-state index contributed by atoms with van der Waals surface area (Å²) in [6, 6.07) is 9.21. The molecule has 1 saturated carbocycles. The summed E-state index contributed by atoms with van der Waals surface area (Å²) in [6.07, 6.45) is 10.1. The number of hydrogen-bond acceptors (Lipinski definition) is 7. The summed E-state index contributed by atoms with van der Waals surface area (Å²) >= 11 is 0. The molecule has 5 N–H and O–H groups in total. The van der Waals surface area contributed by atoms with Crippen molar-refractivity contribution in [2.24, 2.45) is 22.6 Å². The number of aliphatic hydroxyl groups excluding tert-OH is 1. The van der Waals surface area contributed by atoms with Crippen molar-refractivity contribution >= 4 is 5.84 Å². The lowest BCUT2D eigenvalue weighted by Gasteiger charge is -2.41. The van der Waals surface area contributed by atoms with E-state index in [0.717, 1.165) is 64.7 Å². The molecular weight excluding hydrogens is 510 g/mol. The smallest absolute Gasteiger partial charge is 0.115 e. The van der Waals surface area contributed by atoms with Crippen LogP contribution >= 0.6 is 0 Å². The summed E-state index contributed by atoms with van der Waals surface area (Å²) in [5.41, 5.74) is 11.8. The predicted molar refractivity (Wildman–Crippen MR) is 168 cm³/mol. The van der Waals surface area contributed by atoms with Crippen molar-refractivity contribution in [1.29, 1.82) is 0 Å². The molecule has 7 nitrogen and oxygen atoms in total. The van der Waals surface area contributed by atoms with Gasteiger partial charge in [0.05, 0.1) is 18.6 Å². The number of nitrogens with one attached hydrogen (secondary N) is 2. The second kappa shape index (κ2) is 13.5. The van der Waals surface area contributed by atoms with Gasteiger partial charge in [0.15, 0.2) is 0 Å². The van der Waals surface area contributed by atoms with Crippen molar-refractivity contribution in [3.63, 3.8) is 0 Å². The average molecular weight is 564 g/mol. The third kappa shape index (κ3) is 7.14. The van der Waals surface area contributed by atoms with Crippen molar-refractivity contribution in [2.75, 3.05) is 39.3 Å². The third-order valence-corrected chi connectivity index (χ3v) is 10.2. The molecule has 1 aromatic carbocycles. The maximum atomic E-state index is 11.3. The summed E-state index contributed by atoms with van der Waals surface area (Å²) in [6.45, 7) is 14.7. The minimum Gasteiger partial charge on any atom is -0.387 e. The van der Waals surface area contributed by atoms with Crippen molar-refractivity contribution in [3.8, 4) is 0 Å². The number of amidine groups is 1. The predicted octanol–water partition coefficient (Wildman–Crippen LogP) is 4.44. The molecule has 1 saturated heterocycles. The fourth-order valence-corrected chi connectivity index (χ4v) is 7.26. The maximum Gasteiger partial charge on any atom is 0.115 e. The Morgan fingerprint density at radius 1 is 1.20 bits per heavy atom. The van der Waals surface area contributed by atoms with Gasteiger partial charge in [0.25, 0.3) is 0 Å². The van der Waals surface area contributed by atoms with Crippen molar-refractivity contribution in [2.45, 2.75) is 96.1 Å². The van der Waals surface area contributed by atoms with Gasteiger partial charge in [-0.1, -0.05) is 55.8 Å². The molecule has 0 spiro atoms. The number of nitrogens with two attached hydrogens (primary N) is 1. The van der Waals surface area contributed by atoms with Gasteiger partial charge in [-0.25, -0.2) is 0 Å². The zero-order chi connectivity index (χ0) is 29.0. The Kier molecular flexibility index (Phi) is 10.0. The van der Waals surface area contributed by atoms with Gasteiger partial charge in [-0.05, 0) is 75.0 Å². The molecular formula is C34H53N5O2. The Hall–Kier alpha value is -2.03. The number of benzene rings is 1. The van der Waals surface area contributed by atoms with E-state index in [9.17, 15) is 5.11 Å². The van der Waals surface area contributed by atoms with E-state index in [1.54, 1.807) is 0 Å². The van der Waals surface area contributed by atoms with Crippen LogP contribution in [0.4, 0.5) is 0 Å². The molecule has 1 aromatic rings. The number of allylic oxidation sites excluding steroid dienone is 2. The van der Waals surface area contributed by atoms with E-state index in [2.05, 4.69) is 84.6 Å². The third-order valence-electron chi connectivity index (χ3n) is 10.2. The van der Waals surface area contributed by atoms with E-state index in [-0.39, 0.29) is 29.5 Å². The van der Waals surface area contributed by atoms with E-state index in [1.807, 2.05) is 0 Å². The van der Waals surface area contributed by atoms with Crippen molar-refractivity contribution in [3.05, 3.63) is 58.7 Å². The number of aliphatic hydroxyl groups is 1. The molecule has 2 heterocycles. The minimum atomic E-state index is -0.733. The number of rotatable bonds is 10. The largest absolute Gasteiger partial charge is 0.387 e. The molecule has 0 bridgehead atoms. The van der Waals surface area contributed by atoms with E-state index >= 15 is 0 Å². The quantitative estimate of drug-likeness (QED) is 0.315. The highest BCUT2D eigenvalue weighted by molar-refractivity contribution is 5.84. The highest BCUT2D eigenvalue weighted by Gasteiger charge is 2.36. The van der Waals surface area contributed by atoms with Crippen LogP contribution in [0.15, 0.2) is 52.6 Å². The number of piperazine rings is 1. The van der Waals surface area contributed by atoms with Crippen LogP contribution < -0.4 is 16.4 Å². The molecule has 41 heavy (non-hydrogen) atoms. The average Bonchev–Trinajstić information content (AvgIpc) is 3.44. The molecule has 0 aromatic heterocycles. The Morgan fingerprint density at radius 3 is 2.68 bits per heavy atom. The van der Waals surface area contributed by atoms with E-state index in [1.165, 1.54) is 22.3 Å². The minimum absolute atomic E-state index is 0.00115.